The summed E-state index contributed by atoms with van der Waals surface area (Å²) in [6.07, 6.45) is -2.19. The van der Waals surface area contributed by atoms with E-state index >= 15 is 0 Å². The van der Waals surface area contributed by atoms with E-state index < -0.39 is 35.4 Å². The summed E-state index contributed by atoms with van der Waals surface area (Å²) in [6.45, 7) is 9.45. The first kappa shape index (κ1) is 34.2. The molecule has 0 saturated heterocycles. The number of hydrogen-bond donors (Lipinski definition) is 3. The van der Waals surface area contributed by atoms with Crippen molar-refractivity contribution >= 4 is 40.8 Å². The molecule has 0 fully saturated rings. The molecule has 1 aliphatic rings. The van der Waals surface area contributed by atoms with Crippen LogP contribution in [0.1, 0.15) is 64.5 Å². The Labute approximate surface area is 287 Å². The van der Waals surface area contributed by atoms with Gasteiger partial charge in [0.25, 0.3) is 5.91 Å². The molecule has 2 atom stereocenters. The van der Waals surface area contributed by atoms with Gasteiger partial charge in [-0.2, -0.15) is 0 Å². The van der Waals surface area contributed by atoms with Crippen LogP contribution in [0.4, 0.5) is 11.4 Å². The number of aromatic carboxylic acids is 1. The molecule has 4 rings (SSSR count). The maximum absolute atomic E-state index is 14.1. The van der Waals surface area contributed by atoms with E-state index in [9.17, 15) is 24.6 Å². The fourth-order valence-electron chi connectivity index (χ4n) is 4.90. The summed E-state index contributed by atoms with van der Waals surface area (Å²) in [5, 5.41) is 22.6. The van der Waals surface area contributed by atoms with Gasteiger partial charge in [-0.15, -0.1) is 0 Å². The quantitative estimate of drug-likeness (QED) is 0.264. The summed E-state index contributed by atoms with van der Waals surface area (Å²) >= 11 is 6.45. The van der Waals surface area contributed by atoms with Crippen LogP contribution in [0.5, 0.6) is 0 Å². The van der Waals surface area contributed by atoms with Crippen LogP contribution >= 0.6 is 11.6 Å². The molecule has 10 heteroatoms. The van der Waals surface area contributed by atoms with Gasteiger partial charge < -0.3 is 25.2 Å². The molecule has 1 radical (unpaired) electrons. The van der Waals surface area contributed by atoms with Crippen LogP contribution in [0.3, 0.4) is 0 Å². The van der Waals surface area contributed by atoms with Crippen molar-refractivity contribution in [2.45, 2.75) is 53.2 Å². The Bertz CT molecular complexity index is 1510. The zero-order valence-corrected chi connectivity index (χ0v) is 29.9. The first-order valence-corrected chi connectivity index (χ1v) is 13.8. The van der Waals surface area contributed by atoms with Crippen molar-refractivity contribution in [1.29, 1.82) is 0 Å². The number of rotatable bonds is 8. The van der Waals surface area contributed by atoms with Crippen molar-refractivity contribution in [2.24, 2.45) is 5.41 Å². The number of nitrogens with zero attached hydrogens (tertiary/aromatic N) is 1. The van der Waals surface area contributed by atoms with Crippen molar-refractivity contribution in [3.8, 4) is 0 Å². The Morgan fingerprint density at radius 2 is 1.74 bits per heavy atom. The third-order valence-corrected chi connectivity index (χ3v) is 7.71. The van der Waals surface area contributed by atoms with Gasteiger partial charge in [0.15, 0.2) is 0 Å². The number of halogens is 1. The van der Waals surface area contributed by atoms with Gasteiger partial charge in [-0.05, 0) is 73.4 Å². The third-order valence-electron chi connectivity index (χ3n) is 7.48. The summed E-state index contributed by atoms with van der Waals surface area (Å²) in [5.74, 6) is -2.04. The molecule has 42 heavy (non-hydrogen) atoms. The second-order valence-electron chi connectivity index (χ2n) is 11.3. The molecule has 8 nitrogen and oxygen atoms in total. The topological polar surface area (TPSA) is 116 Å². The molecule has 0 saturated carbocycles. The number of carboxylic acids is 1. The van der Waals surface area contributed by atoms with Gasteiger partial charge in [-0.1, -0.05) is 49.7 Å². The van der Waals surface area contributed by atoms with Gasteiger partial charge in [-0.3, -0.25) is 9.59 Å². The molecule has 1 heterocycles. The van der Waals surface area contributed by atoms with E-state index in [0.29, 0.717) is 27.5 Å². The minimum absolute atomic E-state index is 0. The Morgan fingerprint density at radius 1 is 1.02 bits per heavy atom. The van der Waals surface area contributed by atoms with Crippen LogP contribution in [-0.2, 0) is 14.3 Å². The Morgan fingerprint density at radius 3 is 2.40 bits per heavy atom. The average molecular weight is 806 g/mol. The Hall–Kier alpha value is -2.28. The smallest absolute Gasteiger partial charge is 0.335 e. The van der Waals surface area contributed by atoms with Crippen LogP contribution in [-0.4, -0.2) is 47.3 Å². The van der Waals surface area contributed by atoms with Crippen LogP contribution in [0.15, 0.2) is 54.6 Å². The number of aliphatic hydroxyl groups is 1. The SMILES string of the molecule is Cc1ccc(C(=O)O)cc1NC(=O)C[C@H]1O[C@H](c2cccc(C)c2C)c2cc(Cl)ccc2N(CC(C)(C)CO)C1=O.[Ac]. The van der Waals surface area contributed by atoms with Gasteiger partial charge in [0.1, 0.15) is 12.2 Å². The van der Waals surface area contributed by atoms with Crippen molar-refractivity contribution in [2.75, 3.05) is 23.4 Å². The van der Waals surface area contributed by atoms with Crippen molar-refractivity contribution < 1.29 is 73.4 Å². The number of carbonyl (C=O) groups excluding carboxylic acids is 2. The minimum Gasteiger partial charge on any atom is -0.478 e. The summed E-state index contributed by atoms with van der Waals surface area (Å²) in [4.78, 5) is 40.5. The number of amides is 2. The first-order chi connectivity index (χ1) is 19.3. The number of ether oxygens (including phenoxy) is 1. The van der Waals surface area contributed by atoms with Crippen molar-refractivity contribution in [3.63, 3.8) is 0 Å². The molecule has 2 amide bonds. The standard InChI is InChI=1S/C32H35ClN2O6.Ac/c1-18-7-6-8-23(20(18)3)29-24-14-22(33)11-12-26(24)35(16-32(4,5)17-36)30(38)27(41-29)15-28(37)34-25-13-21(31(39)40)10-9-19(25)2;/h6-14,27,29,36H,15-17H2,1-5H3,(H,34,37)(H,39,40);/t27-,29-;/m1./s1. The zero-order valence-electron chi connectivity index (χ0n) is 24.4. The number of carboxylic acid groups (broad SMARTS) is 1. The van der Waals surface area contributed by atoms with Crippen LogP contribution in [0.25, 0.3) is 0 Å². The Balaban J connectivity index is 0.00000484. The number of carbonyl (C=O) groups is 3. The van der Waals surface area contributed by atoms with E-state index in [1.165, 1.54) is 12.1 Å². The van der Waals surface area contributed by atoms with Gasteiger partial charge in [0, 0.05) is 84.6 Å². The summed E-state index contributed by atoms with van der Waals surface area (Å²) in [5.41, 5.74) is 4.57. The zero-order chi connectivity index (χ0) is 30.1. The molecule has 3 aromatic carbocycles. The molecule has 0 aromatic heterocycles. The van der Waals surface area contributed by atoms with Crippen molar-refractivity contribution in [1.82, 2.24) is 0 Å². The largest absolute Gasteiger partial charge is 0.478 e. The number of nitrogens with one attached hydrogen (secondary N) is 1. The number of anilines is 2. The normalized spacial score (nSPS) is 16.7. The third kappa shape index (κ3) is 7.62. The molecule has 0 bridgehead atoms. The van der Waals surface area contributed by atoms with E-state index in [0.717, 1.165) is 16.7 Å². The fraction of sp³-hybridized carbons (Fsp3) is 0.344. The van der Waals surface area contributed by atoms with Gasteiger partial charge >= 0.3 is 5.97 Å². The second-order valence-corrected chi connectivity index (χ2v) is 11.8. The van der Waals surface area contributed by atoms with Crippen LogP contribution in [0.2, 0.25) is 5.02 Å². The van der Waals surface area contributed by atoms with E-state index in [-0.39, 0.29) is 69.2 Å². The predicted molar refractivity (Wildman–Crippen MR) is 159 cm³/mol. The fourth-order valence-corrected chi connectivity index (χ4v) is 5.08. The molecule has 0 unspecified atom stereocenters. The van der Waals surface area contributed by atoms with E-state index in [2.05, 4.69) is 5.32 Å². The average Bonchev–Trinajstić information content (AvgIpc) is 3.01. The number of aryl methyl sites for hydroxylation is 2. The van der Waals surface area contributed by atoms with Crippen molar-refractivity contribution in [3.05, 3.63) is 93.0 Å². The maximum Gasteiger partial charge on any atom is 0.335 e. The second kappa shape index (κ2) is 14.0. The molecule has 1 aliphatic heterocycles. The molecule has 219 valence electrons. The van der Waals surface area contributed by atoms with E-state index in [1.807, 2.05) is 45.9 Å². The molecule has 0 spiro atoms. The monoisotopic (exact) mass is 805 g/mol. The van der Waals surface area contributed by atoms with E-state index in [4.69, 9.17) is 16.3 Å². The number of benzene rings is 3. The maximum atomic E-state index is 14.1. The molecule has 3 aromatic rings. The summed E-state index contributed by atoms with van der Waals surface area (Å²) < 4.78 is 6.54. The molecule has 3 N–H and O–H groups in total. The van der Waals surface area contributed by atoms with Gasteiger partial charge in [-0.25, -0.2) is 4.79 Å². The predicted octanol–water partition coefficient (Wildman–Crippen LogP) is 5.83. The number of hydrogen-bond acceptors (Lipinski definition) is 5. The first-order valence-electron chi connectivity index (χ1n) is 13.4. The number of aliphatic hydroxyl groups excluding tert-OH is 1. The summed E-state index contributed by atoms with van der Waals surface area (Å²) in [7, 11) is 0. The molecule has 0 aliphatic carbocycles. The van der Waals surface area contributed by atoms with E-state index in [1.54, 1.807) is 36.1 Å². The molecular formula is C32H35AcClN2O6. The minimum atomic E-state index is -1.18. The van der Waals surface area contributed by atoms with Crippen LogP contribution in [0, 0.1) is 70.2 Å². The summed E-state index contributed by atoms with van der Waals surface area (Å²) in [6, 6.07) is 15.6. The Kier molecular flexibility index (Phi) is 11.4. The number of fused-ring (bicyclic) bond motifs is 1. The van der Waals surface area contributed by atoms with Crippen LogP contribution < -0.4 is 10.2 Å². The van der Waals surface area contributed by atoms with Gasteiger partial charge in [0.05, 0.1) is 12.0 Å². The van der Waals surface area contributed by atoms with Gasteiger partial charge in [0.2, 0.25) is 5.91 Å². The molecular weight excluding hydrogens is 771 g/mol.